The van der Waals surface area contributed by atoms with Crippen molar-refractivity contribution in [1.82, 2.24) is 0 Å². The number of hydrogen-bond donors (Lipinski definition) is 1. The van der Waals surface area contributed by atoms with Crippen molar-refractivity contribution in [2.75, 3.05) is 5.32 Å². The topological polar surface area (TPSA) is 46.2 Å². The van der Waals surface area contributed by atoms with E-state index in [2.05, 4.69) is 5.32 Å². The van der Waals surface area contributed by atoms with E-state index in [9.17, 15) is 9.59 Å². The Bertz CT molecular complexity index is 410. The van der Waals surface area contributed by atoms with Crippen LogP contribution in [0.2, 0.25) is 0 Å². The summed E-state index contributed by atoms with van der Waals surface area (Å²) in [5, 5.41) is 2.73. The van der Waals surface area contributed by atoms with Crippen molar-refractivity contribution < 1.29 is 9.59 Å². The molecule has 1 aliphatic rings. The van der Waals surface area contributed by atoms with Crippen LogP contribution >= 0.6 is 0 Å². The minimum absolute atomic E-state index is 0.00622. The number of Topliss-reactive ketones (excluding diaryl/α,β-unsaturated/α-hetero) is 1. The van der Waals surface area contributed by atoms with Crippen molar-refractivity contribution in [3.8, 4) is 0 Å². The van der Waals surface area contributed by atoms with E-state index >= 15 is 0 Å². The Balaban J connectivity index is 2.46. The van der Waals surface area contributed by atoms with Crippen LogP contribution in [0.4, 0.5) is 5.69 Å². The Morgan fingerprint density at radius 3 is 2.79 bits per heavy atom. The fraction of sp³-hybridized carbons (Fsp3) is 0.273. The molecular formula is C11H11NO2. The van der Waals surface area contributed by atoms with E-state index in [4.69, 9.17) is 0 Å². The molecule has 1 aromatic rings. The van der Waals surface area contributed by atoms with Gasteiger partial charge in [0.05, 0.1) is 6.42 Å². The van der Waals surface area contributed by atoms with Crippen LogP contribution in [0.5, 0.6) is 0 Å². The van der Waals surface area contributed by atoms with Gasteiger partial charge in [-0.15, -0.1) is 0 Å². The van der Waals surface area contributed by atoms with Crippen LogP contribution in [0, 0.1) is 6.92 Å². The maximum Gasteiger partial charge on any atom is 0.231 e. The summed E-state index contributed by atoms with van der Waals surface area (Å²) in [6.07, 6.45) is 0.349. The molecule has 0 unspecified atom stereocenters. The third-order valence-corrected chi connectivity index (χ3v) is 2.28. The molecule has 0 spiro atoms. The first-order valence-electron chi connectivity index (χ1n) is 4.56. The van der Waals surface area contributed by atoms with Crippen LogP contribution in [-0.4, -0.2) is 11.7 Å². The van der Waals surface area contributed by atoms with E-state index in [1.807, 2.05) is 25.1 Å². The van der Waals surface area contributed by atoms with Crippen LogP contribution in [0.3, 0.4) is 0 Å². The zero-order chi connectivity index (χ0) is 10.1. The number of anilines is 1. The fourth-order valence-electron chi connectivity index (χ4n) is 1.61. The number of nitrogens with one attached hydrogen (secondary N) is 1. The summed E-state index contributed by atoms with van der Waals surface area (Å²) in [5.41, 5.74) is 2.77. The van der Waals surface area contributed by atoms with Crippen molar-refractivity contribution in [1.29, 1.82) is 0 Å². The normalized spacial score (nSPS) is 15.8. The van der Waals surface area contributed by atoms with Crippen LogP contribution < -0.4 is 5.32 Å². The summed E-state index contributed by atoms with van der Waals surface area (Å²) < 4.78 is 0. The SMILES string of the molecule is Cc1ccc2c(c1)NC(=O)CC(=O)C2. The van der Waals surface area contributed by atoms with E-state index in [-0.39, 0.29) is 18.1 Å². The van der Waals surface area contributed by atoms with E-state index in [0.717, 1.165) is 16.8 Å². The number of rotatable bonds is 0. The van der Waals surface area contributed by atoms with Gasteiger partial charge in [0.15, 0.2) is 0 Å². The lowest BCUT2D eigenvalue weighted by Crippen LogP contribution is -2.12. The highest BCUT2D eigenvalue weighted by atomic mass is 16.2. The van der Waals surface area contributed by atoms with Crippen molar-refractivity contribution in [3.63, 3.8) is 0 Å². The van der Waals surface area contributed by atoms with Crippen LogP contribution in [0.1, 0.15) is 17.5 Å². The van der Waals surface area contributed by atoms with Crippen LogP contribution in [0.25, 0.3) is 0 Å². The number of benzene rings is 1. The lowest BCUT2D eigenvalue weighted by Gasteiger charge is -2.06. The molecule has 1 N–H and O–H groups in total. The zero-order valence-electron chi connectivity index (χ0n) is 7.96. The highest BCUT2D eigenvalue weighted by Crippen LogP contribution is 2.21. The molecule has 0 fully saturated rings. The largest absolute Gasteiger partial charge is 0.325 e. The van der Waals surface area contributed by atoms with Crippen LogP contribution in [0.15, 0.2) is 18.2 Å². The van der Waals surface area contributed by atoms with Gasteiger partial charge in [-0.1, -0.05) is 12.1 Å². The lowest BCUT2D eigenvalue weighted by molar-refractivity contribution is -0.124. The number of carbonyl (C=O) groups is 2. The van der Waals surface area contributed by atoms with Crippen molar-refractivity contribution in [2.24, 2.45) is 0 Å². The van der Waals surface area contributed by atoms with Crippen molar-refractivity contribution in [2.45, 2.75) is 19.8 Å². The van der Waals surface area contributed by atoms with Gasteiger partial charge in [0.1, 0.15) is 5.78 Å². The lowest BCUT2D eigenvalue weighted by atomic mass is 10.1. The maximum absolute atomic E-state index is 11.3. The minimum atomic E-state index is -0.209. The maximum atomic E-state index is 11.3. The molecule has 1 heterocycles. The number of ketones is 1. The third kappa shape index (κ3) is 1.66. The quantitative estimate of drug-likeness (QED) is 0.628. The predicted molar refractivity (Wildman–Crippen MR) is 53.1 cm³/mol. The number of fused-ring (bicyclic) bond motifs is 1. The first-order valence-corrected chi connectivity index (χ1v) is 4.56. The number of aryl methyl sites for hydroxylation is 1. The molecule has 3 heteroatoms. The second kappa shape index (κ2) is 3.25. The Hall–Kier alpha value is -1.64. The summed E-state index contributed by atoms with van der Waals surface area (Å²) in [4.78, 5) is 22.5. The molecule has 1 aliphatic heterocycles. The predicted octanol–water partition coefficient (Wildman–Crippen LogP) is 1.45. The van der Waals surface area contributed by atoms with E-state index in [1.54, 1.807) is 0 Å². The van der Waals surface area contributed by atoms with Gasteiger partial charge in [-0.25, -0.2) is 0 Å². The zero-order valence-corrected chi connectivity index (χ0v) is 7.96. The smallest absolute Gasteiger partial charge is 0.231 e. The minimum Gasteiger partial charge on any atom is -0.325 e. The molecule has 0 atom stereocenters. The molecule has 1 amide bonds. The number of amides is 1. The van der Waals surface area contributed by atoms with Crippen molar-refractivity contribution >= 4 is 17.4 Å². The molecule has 3 nitrogen and oxygen atoms in total. The van der Waals surface area contributed by atoms with Gasteiger partial charge in [-0.05, 0) is 24.1 Å². The number of hydrogen-bond acceptors (Lipinski definition) is 2. The average Bonchev–Trinajstić information content (AvgIpc) is 2.21. The van der Waals surface area contributed by atoms with Crippen LogP contribution in [-0.2, 0) is 16.0 Å². The van der Waals surface area contributed by atoms with Gasteiger partial charge >= 0.3 is 0 Å². The summed E-state index contributed by atoms with van der Waals surface area (Å²) in [6, 6.07) is 5.74. The van der Waals surface area contributed by atoms with Gasteiger partial charge in [0, 0.05) is 12.1 Å². The second-order valence-electron chi connectivity index (χ2n) is 3.60. The second-order valence-corrected chi connectivity index (χ2v) is 3.60. The molecule has 0 saturated carbocycles. The van der Waals surface area contributed by atoms with Gasteiger partial charge < -0.3 is 5.32 Å². The first kappa shape index (κ1) is 8.94. The molecule has 0 saturated heterocycles. The van der Waals surface area contributed by atoms with E-state index in [0.29, 0.717) is 6.42 Å². The molecule has 0 aliphatic carbocycles. The Labute approximate surface area is 82.1 Å². The highest BCUT2D eigenvalue weighted by Gasteiger charge is 2.18. The van der Waals surface area contributed by atoms with Gasteiger partial charge in [-0.2, -0.15) is 0 Å². The Morgan fingerprint density at radius 2 is 2.00 bits per heavy atom. The summed E-state index contributed by atoms with van der Waals surface area (Å²) in [5.74, 6) is -0.232. The third-order valence-electron chi connectivity index (χ3n) is 2.28. The molecule has 14 heavy (non-hydrogen) atoms. The van der Waals surface area contributed by atoms with Crippen molar-refractivity contribution in [3.05, 3.63) is 29.3 Å². The molecule has 0 bridgehead atoms. The molecular weight excluding hydrogens is 178 g/mol. The van der Waals surface area contributed by atoms with Gasteiger partial charge in [0.25, 0.3) is 0 Å². The standard InChI is InChI=1S/C11H11NO2/c1-7-2-3-8-5-9(13)6-11(14)12-10(8)4-7/h2-4H,5-6H2,1H3,(H,12,14). The molecule has 72 valence electrons. The summed E-state index contributed by atoms with van der Waals surface area (Å²) in [7, 11) is 0. The molecule has 1 aromatic carbocycles. The van der Waals surface area contributed by atoms with Gasteiger partial charge in [0.2, 0.25) is 5.91 Å². The number of carbonyl (C=O) groups excluding carboxylic acids is 2. The first-order chi connectivity index (χ1) is 6.65. The van der Waals surface area contributed by atoms with E-state index < -0.39 is 0 Å². The van der Waals surface area contributed by atoms with E-state index in [1.165, 1.54) is 0 Å². The molecule has 2 rings (SSSR count). The van der Waals surface area contributed by atoms with Gasteiger partial charge in [-0.3, -0.25) is 9.59 Å². The average molecular weight is 189 g/mol. The molecule has 0 aromatic heterocycles. The highest BCUT2D eigenvalue weighted by molar-refractivity contribution is 6.07. The summed E-state index contributed by atoms with van der Waals surface area (Å²) in [6.45, 7) is 1.96. The Morgan fingerprint density at radius 1 is 1.21 bits per heavy atom. The fourth-order valence-corrected chi connectivity index (χ4v) is 1.61. The summed E-state index contributed by atoms with van der Waals surface area (Å²) >= 11 is 0. The molecule has 0 radical (unpaired) electrons. The monoisotopic (exact) mass is 189 g/mol. The Kier molecular flexibility index (Phi) is 2.08.